The topological polar surface area (TPSA) is 101 Å². The molecule has 1 unspecified atom stereocenters. The number of carbonyl (C=O) groups excluding carboxylic acids is 2. The first-order valence-electron chi connectivity index (χ1n) is 10.9. The van der Waals surface area contributed by atoms with E-state index in [-0.39, 0.29) is 17.2 Å². The number of hydrogen-bond acceptors (Lipinski definition) is 5. The first kappa shape index (κ1) is 26.2. The highest BCUT2D eigenvalue weighted by molar-refractivity contribution is 8.00. The summed E-state index contributed by atoms with van der Waals surface area (Å²) >= 11 is 13.6. The molecule has 0 bridgehead atoms. The van der Waals surface area contributed by atoms with Crippen molar-refractivity contribution in [1.82, 2.24) is 0 Å². The first-order valence-corrected chi connectivity index (χ1v) is 12.6. The number of halogens is 2. The van der Waals surface area contributed by atoms with E-state index >= 15 is 0 Å². The second-order valence-electron chi connectivity index (χ2n) is 7.81. The number of rotatable bonds is 8. The SMILES string of the molecule is O=C(Nc1ccc(SC(C(=O)Nc2cc(Cl)ccc2Cl)c2ccccc2)cc1)c1cccc([N+](=O)[O-])c1. The summed E-state index contributed by atoms with van der Waals surface area (Å²) in [6, 6.07) is 26.6. The molecule has 2 amide bonds. The molecule has 37 heavy (non-hydrogen) atoms. The highest BCUT2D eigenvalue weighted by Gasteiger charge is 2.23. The minimum atomic E-state index is -0.596. The van der Waals surface area contributed by atoms with Gasteiger partial charge in [0.15, 0.2) is 0 Å². The van der Waals surface area contributed by atoms with E-state index in [0.717, 1.165) is 10.5 Å². The lowest BCUT2D eigenvalue weighted by atomic mass is 10.1. The van der Waals surface area contributed by atoms with E-state index in [4.69, 9.17) is 23.2 Å². The molecule has 186 valence electrons. The largest absolute Gasteiger partial charge is 0.323 e. The van der Waals surface area contributed by atoms with Crippen LogP contribution in [-0.2, 0) is 4.79 Å². The van der Waals surface area contributed by atoms with Gasteiger partial charge in [-0.25, -0.2) is 0 Å². The smallest absolute Gasteiger partial charge is 0.270 e. The fourth-order valence-electron chi connectivity index (χ4n) is 3.41. The van der Waals surface area contributed by atoms with Crippen LogP contribution in [0.2, 0.25) is 10.0 Å². The second kappa shape index (κ2) is 11.9. The lowest BCUT2D eigenvalue weighted by Gasteiger charge is -2.18. The first-order chi connectivity index (χ1) is 17.8. The molecular formula is C27H19Cl2N3O4S. The summed E-state index contributed by atoms with van der Waals surface area (Å²) in [7, 11) is 0. The molecule has 4 aromatic rings. The van der Waals surface area contributed by atoms with E-state index in [2.05, 4.69) is 10.6 Å². The van der Waals surface area contributed by atoms with Crippen molar-refractivity contribution in [3.05, 3.63) is 128 Å². The summed E-state index contributed by atoms with van der Waals surface area (Å²) in [6.07, 6.45) is 0. The summed E-state index contributed by atoms with van der Waals surface area (Å²) < 4.78 is 0. The second-order valence-corrected chi connectivity index (χ2v) is 9.83. The Balaban J connectivity index is 1.50. The van der Waals surface area contributed by atoms with Crippen LogP contribution in [0.25, 0.3) is 0 Å². The Morgan fingerprint density at radius 3 is 2.27 bits per heavy atom. The van der Waals surface area contributed by atoms with Gasteiger partial charge >= 0.3 is 0 Å². The van der Waals surface area contributed by atoms with E-state index in [1.165, 1.54) is 36.0 Å². The van der Waals surface area contributed by atoms with Crippen LogP contribution in [0.4, 0.5) is 17.1 Å². The minimum absolute atomic E-state index is 0.163. The van der Waals surface area contributed by atoms with Crippen LogP contribution in [0.3, 0.4) is 0 Å². The number of nitrogens with one attached hydrogen (secondary N) is 2. The maximum absolute atomic E-state index is 13.3. The van der Waals surface area contributed by atoms with Crippen LogP contribution >= 0.6 is 35.0 Å². The average molecular weight is 552 g/mol. The van der Waals surface area contributed by atoms with E-state index in [9.17, 15) is 19.7 Å². The Labute approximate surface area is 227 Å². The van der Waals surface area contributed by atoms with Gasteiger partial charge in [-0.15, -0.1) is 11.8 Å². The summed E-state index contributed by atoms with van der Waals surface area (Å²) in [5.74, 6) is -0.743. The van der Waals surface area contributed by atoms with Gasteiger partial charge in [0.25, 0.3) is 11.6 Å². The molecule has 0 heterocycles. The van der Waals surface area contributed by atoms with Gasteiger partial charge in [-0.2, -0.15) is 0 Å². The normalized spacial score (nSPS) is 11.4. The van der Waals surface area contributed by atoms with Gasteiger partial charge < -0.3 is 10.6 Å². The number of nitro groups is 1. The van der Waals surface area contributed by atoms with Gasteiger partial charge in [0.2, 0.25) is 5.91 Å². The van der Waals surface area contributed by atoms with Crippen molar-refractivity contribution in [3.63, 3.8) is 0 Å². The van der Waals surface area contributed by atoms with E-state index in [0.29, 0.717) is 21.4 Å². The van der Waals surface area contributed by atoms with Gasteiger partial charge in [-0.05, 0) is 54.1 Å². The molecule has 0 aliphatic heterocycles. The number of benzene rings is 4. The molecule has 7 nitrogen and oxygen atoms in total. The van der Waals surface area contributed by atoms with Gasteiger partial charge in [-0.3, -0.25) is 19.7 Å². The molecule has 4 rings (SSSR count). The van der Waals surface area contributed by atoms with Crippen molar-refractivity contribution in [2.75, 3.05) is 10.6 Å². The molecule has 0 aromatic heterocycles. The molecule has 10 heteroatoms. The zero-order valence-corrected chi connectivity index (χ0v) is 21.4. The number of anilines is 2. The number of hydrogen-bond donors (Lipinski definition) is 2. The Hall–Kier alpha value is -3.85. The van der Waals surface area contributed by atoms with E-state index in [1.807, 2.05) is 30.3 Å². The number of thioether (sulfide) groups is 1. The third-order valence-corrected chi connectivity index (χ3v) is 7.04. The number of nitro benzene ring substituents is 1. The third kappa shape index (κ3) is 6.89. The van der Waals surface area contributed by atoms with Crippen molar-refractivity contribution in [3.8, 4) is 0 Å². The molecule has 0 saturated heterocycles. The molecule has 0 radical (unpaired) electrons. The molecule has 0 aliphatic carbocycles. The van der Waals surface area contributed by atoms with Crippen LogP contribution in [0.15, 0.2) is 102 Å². The number of non-ortho nitro benzene ring substituents is 1. The van der Waals surface area contributed by atoms with Crippen molar-refractivity contribution >= 4 is 63.8 Å². The van der Waals surface area contributed by atoms with Crippen molar-refractivity contribution in [1.29, 1.82) is 0 Å². The fraction of sp³-hybridized carbons (Fsp3) is 0.0370. The molecule has 0 aliphatic rings. The summed E-state index contributed by atoms with van der Waals surface area (Å²) in [5.41, 5.74) is 1.73. The lowest BCUT2D eigenvalue weighted by molar-refractivity contribution is -0.384. The Morgan fingerprint density at radius 2 is 1.57 bits per heavy atom. The van der Waals surface area contributed by atoms with Gasteiger partial charge in [0, 0.05) is 33.3 Å². The minimum Gasteiger partial charge on any atom is -0.323 e. The van der Waals surface area contributed by atoms with Crippen LogP contribution < -0.4 is 10.6 Å². The standard InChI is InChI=1S/C27H19Cl2N3O4S/c28-19-9-14-23(29)24(16-19)31-27(34)25(17-5-2-1-3-6-17)37-22-12-10-20(11-13-22)30-26(33)18-7-4-8-21(15-18)32(35)36/h1-16,25H,(H,30,33)(H,31,34). The molecule has 0 fully saturated rings. The van der Waals surface area contributed by atoms with Crippen LogP contribution in [0, 0.1) is 10.1 Å². The van der Waals surface area contributed by atoms with Crippen molar-refractivity contribution in [2.45, 2.75) is 10.1 Å². The van der Waals surface area contributed by atoms with Gasteiger partial charge in [0.05, 0.1) is 15.6 Å². The molecule has 1 atom stereocenters. The molecule has 0 spiro atoms. The van der Waals surface area contributed by atoms with Crippen LogP contribution in [0.5, 0.6) is 0 Å². The maximum Gasteiger partial charge on any atom is 0.270 e. The van der Waals surface area contributed by atoms with Crippen molar-refractivity contribution < 1.29 is 14.5 Å². The van der Waals surface area contributed by atoms with Gasteiger partial charge in [0.1, 0.15) is 5.25 Å². The predicted molar refractivity (Wildman–Crippen MR) is 148 cm³/mol. The third-order valence-electron chi connectivity index (χ3n) is 5.21. The summed E-state index contributed by atoms with van der Waals surface area (Å²) in [5, 5.41) is 16.8. The molecular weight excluding hydrogens is 533 g/mol. The molecule has 2 N–H and O–H groups in total. The molecule has 0 saturated carbocycles. The number of carbonyl (C=O) groups is 2. The maximum atomic E-state index is 13.3. The highest BCUT2D eigenvalue weighted by Crippen LogP contribution is 2.37. The Morgan fingerprint density at radius 1 is 0.838 bits per heavy atom. The fourth-order valence-corrected chi connectivity index (χ4v) is 4.77. The monoisotopic (exact) mass is 551 g/mol. The van der Waals surface area contributed by atoms with Crippen LogP contribution in [0.1, 0.15) is 21.2 Å². The van der Waals surface area contributed by atoms with Crippen LogP contribution in [-0.4, -0.2) is 16.7 Å². The number of nitrogens with zero attached hydrogens (tertiary/aromatic N) is 1. The highest BCUT2D eigenvalue weighted by atomic mass is 35.5. The van der Waals surface area contributed by atoms with Crippen molar-refractivity contribution in [2.24, 2.45) is 0 Å². The predicted octanol–water partition coefficient (Wildman–Crippen LogP) is 7.63. The Bertz CT molecular complexity index is 1450. The quantitative estimate of drug-likeness (QED) is 0.133. The zero-order chi connectivity index (χ0) is 26.4. The van der Waals surface area contributed by atoms with E-state index < -0.39 is 16.1 Å². The summed E-state index contributed by atoms with van der Waals surface area (Å²) in [6.45, 7) is 0. The zero-order valence-electron chi connectivity index (χ0n) is 19.1. The lowest BCUT2D eigenvalue weighted by Crippen LogP contribution is -2.19. The molecule has 4 aromatic carbocycles. The Kier molecular flexibility index (Phi) is 8.45. The number of amides is 2. The summed E-state index contributed by atoms with van der Waals surface area (Å²) in [4.78, 5) is 37.0. The average Bonchev–Trinajstić information content (AvgIpc) is 2.90. The van der Waals surface area contributed by atoms with E-state index in [1.54, 1.807) is 42.5 Å². The van der Waals surface area contributed by atoms with Gasteiger partial charge in [-0.1, -0.05) is 59.6 Å².